The Hall–Kier alpha value is -1.90. The van der Waals surface area contributed by atoms with Gasteiger partial charge in [0.25, 0.3) is 0 Å². The standard InChI is InChI=1S/C15H12BrClN2O2/c1-15(8-18,9-4-11(20)7-12(21)5-9)19-10-2-3-14(17)13(16)6-10/h2-7,19-21H,1H3. The van der Waals surface area contributed by atoms with Crippen molar-refractivity contribution in [2.75, 3.05) is 5.32 Å². The minimum Gasteiger partial charge on any atom is -0.508 e. The Kier molecular flexibility index (Phi) is 4.31. The fourth-order valence-corrected chi connectivity index (χ4v) is 2.41. The van der Waals surface area contributed by atoms with Crippen molar-refractivity contribution in [3.05, 3.63) is 51.5 Å². The minimum absolute atomic E-state index is 0.106. The largest absolute Gasteiger partial charge is 0.508 e. The van der Waals surface area contributed by atoms with Crippen molar-refractivity contribution in [1.82, 2.24) is 0 Å². The van der Waals surface area contributed by atoms with Crippen molar-refractivity contribution in [3.8, 4) is 17.6 Å². The summed E-state index contributed by atoms with van der Waals surface area (Å²) >= 11 is 9.26. The van der Waals surface area contributed by atoms with Gasteiger partial charge in [-0.25, -0.2) is 0 Å². The summed E-state index contributed by atoms with van der Waals surface area (Å²) in [6.45, 7) is 1.66. The summed E-state index contributed by atoms with van der Waals surface area (Å²) < 4.78 is 0.702. The third-order valence-corrected chi connectivity index (χ3v) is 4.23. The molecule has 0 amide bonds. The van der Waals surface area contributed by atoms with Gasteiger partial charge in [0.1, 0.15) is 17.0 Å². The zero-order valence-electron chi connectivity index (χ0n) is 11.1. The van der Waals surface area contributed by atoms with Gasteiger partial charge in [-0.2, -0.15) is 5.26 Å². The van der Waals surface area contributed by atoms with E-state index in [0.29, 0.717) is 20.7 Å². The van der Waals surface area contributed by atoms with Crippen LogP contribution >= 0.6 is 27.5 Å². The molecule has 6 heteroatoms. The molecule has 2 aromatic carbocycles. The topological polar surface area (TPSA) is 76.3 Å². The Morgan fingerprint density at radius 1 is 1.19 bits per heavy atom. The molecule has 1 unspecified atom stereocenters. The molecular weight excluding hydrogens is 356 g/mol. The van der Waals surface area contributed by atoms with Crippen molar-refractivity contribution in [2.24, 2.45) is 0 Å². The number of aromatic hydroxyl groups is 2. The molecule has 0 saturated heterocycles. The smallest absolute Gasteiger partial charge is 0.148 e. The number of halogens is 2. The van der Waals surface area contributed by atoms with Crippen LogP contribution in [0, 0.1) is 11.3 Å². The molecule has 0 aliphatic rings. The molecule has 108 valence electrons. The second-order valence-corrected chi connectivity index (χ2v) is 5.99. The number of rotatable bonds is 3. The van der Waals surface area contributed by atoms with Crippen molar-refractivity contribution >= 4 is 33.2 Å². The van der Waals surface area contributed by atoms with Crippen LogP contribution in [0.5, 0.6) is 11.5 Å². The van der Waals surface area contributed by atoms with E-state index < -0.39 is 5.54 Å². The first-order valence-electron chi connectivity index (χ1n) is 6.02. The highest BCUT2D eigenvalue weighted by atomic mass is 79.9. The van der Waals surface area contributed by atoms with Crippen LogP contribution in [0.2, 0.25) is 5.02 Å². The van der Waals surface area contributed by atoms with Gasteiger partial charge in [0.15, 0.2) is 0 Å². The van der Waals surface area contributed by atoms with Crippen LogP contribution in [0.4, 0.5) is 5.69 Å². The number of nitrogens with one attached hydrogen (secondary N) is 1. The van der Waals surface area contributed by atoms with Crippen molar-refractivity contribution < 1.29 is 10.2 Å². The molecule has 4 nitrogen and oxygen atoms in total. The second kappa shape index (κ2) is 5.84. The Morgan fingerprint density at radius 3 is 2.33 bits per heavy atom. The summed E-state index contributed by atoms with van der Waals surface area (Å²) in [5.41, 5.74) is 0.00969. The number of hydrogen-bond acceptors (Lipinski definition) is 4. The van der Waals surface area contributed by atoms with Gasteiger partial charge >= 0.3 is 0 Å². The van der Waals surface area contributed by atoms with E-state index in [1.165, 1.54) is 18.2 Å². The first kappa shape index (κ1) is 15.5. The van der Waals surface area contributed by atoms with Gasteiger partial charge in [-0.1, -0.05) is 11.6 Å². The number of nitrogens with zero attached hydrogens (tertiary/aromatic N) is 1. The Bertz CT molecular complexity index is 710. The van der Waals surface area contributed by atoms with E-state index in [1.54, 1.807) is 25.1 Å². The summed E-state index contributed by atoms with van der Waals surface area (Å²) in [7, 11) is 0. The van der Waals surface area contributed by atoms with Crippen molar-refractivity contribution in [2.45, 2.75) is 12.5 Å². The average molecular weight is 368 g/mol. The lowest BCUT2D eigenvalue weighted by Gasteiger charge is -2.25. The van der Waals surface area contributed by atoms with Crippen LogP contribution in [-0.4, -0.2) is 10.2 Å². The molecule has 2 aromatic rings. The van der Waals surface area contributed by atoms with Crippen LogP contribution < -0.4 is 5.32 Å². The maximum absolute atomic E-state index is 9.58. The number of phenolic OH excluding ortho intramolecular Hbond substituents is 2. The lowest BCUT2D eigenvalue weighted by atomic mass is 9.92. The Morgan fingerprint density at radius 2 is 1.81 bits per heavy atom. The van der Waals surface area contributed by atoms with Crippen LogP contribution in [0.3, 0.4) is 0 Å². The van der Waals surface area contributed by atoms with Gasteiger partial charge in [-0.05, 0) is 58.7 Å². The SMILES string of the molecule is CC(C#N)(Nc1ccc(Cl)c(Br)c1)c1cc(O)cc(O)c1. The van der Waals surface area contributed by atoms with E-state index in [4.69, 9.17) is 11.6 Å². The normalized spacial score (nSPS) is 13.2. The highest BCUT2D eigenvalue weighted by Gasteiger charge is 2.27. The number of benzene rings is 2. The monoisotopic (exact) mass is 366 g/mol. The van der Waals surface area contributed by atoms with Crippen LogP contribution in [0.25, 0.3) is 0 Å². The first-order chi connectivity index (χ1) is 9.84. The van der Waals surface area contributed by atoms with Crippen LogP contribution in [-0.2, 0) is 5.54 Å². The second-order valence-electron chi connectivity index (χ2n) is 4.73. The Labute approximate surface area is 135 Å². The highest BCUT2D eigenvalue weighted by Crippen LogP contribution is 2.33. The third-order valence-electron chi connectivity index (χ3n) is 3.02. The van der Waals surface area contributed by atoms with Crippen molar-refractivity contribution in [3.63, 3.8) is 0 Å². The van der Waals surface area contributed by atoms with Gasteiger partial charge in [-0.3, -0.25) is 0 Å². The van der Waals surface area contributed by atoms with E-state index in [-0.39, 0.29) is 11.5 Å². The molecule has 1 atom stereocenters. The molecule has 0 radical (unpaired) electrons. The number of nitriles is 1. The van der Waals surface area contributed by atoms with Crippen LogP contribution in [0.15, 0.2) is 40.9 Å². The zero-order chi connectivity index (χ0) is 15.6. The summed E-state index contributed by atoms with van der Waals surface area (Å²) in [5, 5.41) is 32.3. The molecule has 2 rings (SSSR count). The fourth-order valence-electron chi connectivity index (χ4n) is 1.91. The fraction of sp³-hybridized carbons (Fsp3) is 0.133. The lowest BCUT2D eigenvalue weighted by molar-refractivity contribution is 0.447. The van der Waals surface area contributed by atoms with Crippen LogP contribution in [0.1, 0.15) is 12.5 Å². The molecule has 0 aliphatic heterocycles. The van der Waals surface area contributed by atoms with Gasteiger partial charge < -0.3 is 15.5 Å². The molecule has 0 saturated carbocycles. The number of anilines is 1. The molecule has 0 aliphatic carbocycles. The maximum atomic E-state index is 9.58. The highest BCUT2D eigenvalue weighted by molar-refractivity contribution is 9.10. The van der Waals surface area contributed by atoms with Gasteiger partial charge in [0, 0.05) is 16.2 Å². The van der Waals surface area contributed by atoms with E-state index in [0.717, 1.165) is 0 Å². The minimum atomic E-state index is -1.12. The third kappa shape index (κ3) is 3.41. The maximum Gasteiger partial charge on any atom is 0.148 e. The molecule has 0 spiro atoms. The van der Waals surface area contributed by atoms with Gasteiger partial charge in [0.05, 0.1) is 11.1 Å². The summed E-state index contributed by atoms with van der Waals surface area (Å²) in [6, 6.07) is 11.4. The summed E-state index contributed by atoms with van der Waals surface area (Å²) in [5.74, 6) is -0.212. The van der Waals surface area contributed by atoms with Gasteiger partial charge in [0.2, 0.25) is 0 Å². The van der Waals surface area contributed by atoms with E-state index in [1.807, 2.05) is 0 Å². The van der Waals surface area contributed by atoms with Gasteiger partial charge in [-0.15, -0.1) is 0 Å². The number of phenols is 2. The zero-order valence-corrected chi connectivity index (χ0v) is 13.4. The van der Waals surface area contributed by atoms with E-state index in [9.17, 15) is 15.5 Å². The summed E-state index contributed by atoms with van der Waals surface area (Å²) in [4.78, 5) is 0. The molecule has 21 heavy (non-hydrogen) atoms. The summed E-state index contributed by atoms with van der Waals surface area (Å²) in [6.07, 6.45) is 0. The van der Waals surface area contributed by atoms with E-state index >= 15 is 0 Å². The lowest BCUT2D eigenvalue weighted by Crippen LogP contribution is -2.29. The predicted molar refractivity (Wildman–Crippen MR) is 85.5 cm³/mol. The number of hydrogen-bond donors (Lipinski definition) is 3. The molecule has 0 heterocycles. The predicted octanol–water partition coefficient (Wildman–Crippen LogP) is 4.36. The van der Waals surface area contributed by atoms with E-state index in [2.05, 4.69) is 27.3 Å². The average Bonchev–Trinajstić information content (AvgIpc) is 2.42. The molecule has 0 aromatic heterocycles. The first-order valence-corrected chi connectivity index (χ1v) is 7.19. The molecule has 0 bridgehead atoms. The molecule has 3 N–H and O–H groups in total. The Balaban J connectivity index is 2.41. The van der Waals surface area contributed by atoms with Crippen molar-refractivity contribution in [1.29, 1.82) is 5.26 Å². The quantitative estimate of drug-likeness (QED) is 0.753. The molecular formula is C15H12BrClN2O2. The molecule has 0 fully saturated rings.